The summed E-state index contributed by atoms with van der Waals surface area (Å²) in [5, 5.41) is 0. The van der Waals surface area contributed by atoms with Crippen molar-refractivity contribution in [3.05, 3.63) is 103 Å². The normalized spacial score (nSPS) is 27.8. The van der Waals surface area contributed by atoms with Crippen LogP contribution < -0.4 is 0 Å². The van der Waals surface area contributed by atoms with Crippen LogP contribution >= 0.6 is 0 Å². The maximum Gasteiger partial charge on any atom is 0.335 e. The van der Waals surface area contributed by atoms with Crippen molar-refractivity contribution < 1.29 is 19.1 Å². The molecule has 4 nitrogen and oxygen atoms in total. The number of benzene rings is 2. The zero-order chi connectivity index (χ0) is 23.1. The van der Waals surface area contributed by atoms with Crippen LogP contribution in [0.5, 0.6) is 0 Å². The van der Waals surface area contributed by atoms with Gasteiger partial charge in [-0.05, 0) is 37.5 Å². The molecule has 0 radical (unpaired) electrons. The lowest BCUT2D eigenvalue weighted by Crippen LogP contribution is -2.19. The minimum atomic E-state index is -0.235. The molecule has 2 heterocycles. The number of rotatable bonds is 5. The highest BCUT2D eigenvalue weighted by molar-refractivity contribution is 5.96. The standard InChI is InChI=1S/C14H16O2.C14H14O2/c2*1-3-12-10(2)16-14(15)13(12)9-11-7-5-4-6-8-11/h3-8,10,12-13H,1,9H2,2H3;3-10,12H,1H2,2H3/b;13-9-/t10-,12-,13+;10-,12-/m00/s1. The van der Waals surface area contributed by atoms with Crippen molar-refractivity contribution in [3.8, 4) is 0 Å². The van der Waals surface area contributed by atoms with Crippen molar-refractivity contribution in [2.24, 2.45) is 17.8 Å². The molecule has 2 aromatic rings. The minimum Gasteiger partial charge on any atom is -0.462 e. The summed E-state index contributed by atoms with van der Waals surface area (Å²) < 4.78 is 10.4. The Kier molecular flexibility index (Phi) is 7.82. The number of esters is 2. The molecule has 32 heavy (non-hydrogen) atoms. The van der Waals surface area contributed by atoms with E-state index in [9.17, 15) is 9.59 Å². The van der Waals surface area contributed by atoms with Crippen LogP contribution in [0.4, 0.5) is 0 Å². The van der Waals surface area contributed by atoms with Crippen LogP contribution in [0.1, 0.15) is 25.0 Å². The fraction of sp³-hybridized carbons (Fsp3) is 0.286. The molecule has 2 aliphatic rings. The lowest BCUT2D eigenvalue weighted by atomic mass is 9.86. The minimum absolute atomic E-state index is 0.00675. The molecular formula is C28H30O4. The second-order valence-corrected chi connectivity index (χ2v) is 8.13. The van der Waals surface area contributed by atoms with Gasteiger partial charge in [0, 0.05) is 17.4 Å². The Bertz CT molecular complexity index is 977. The molecule has 0 unspecified atom stereocenters. The molecule has 2 aromatic carbocycles. The van der Waals surface area contributed by atoms with Gasteiger partial charge in [0.1, 0.15) is 12.2 Å². The molecule has 0 amide bonds. The Morgan fingerprint density at radius 3 is 2.06 bits per heavy atom. The zero-order valence-electron chi connectivity index (χ0n) is 18.6. The van der Waals surface area contributed by atoms with Crippen molar-refractivity contribution in [1.82, 2.24) is 0 Å². The van der Waals surface area contributed by atoms with Crippen LogP contribution in [-0.4, -0.2) is 24.1 Å². The number of carbonyl (C=O) groups is 2. The Hall–Kier alpha value is -3.40. The summed E-state index contributed by atoms with van der Waals surface area (Å²) in [4.78, 5) is 23.3. The number of hydrogen-bond donors (Lipinski definition) is 0. The van der Waals surface area contributed by atoms with Crippen LogP contribution in [0.2, 0.25) is 0 Å². The summed E-state index contributed by atoms with van der Waals surface area (Å²) in [5.41, 5.74) is 2.87. The van der Waals surface area contributed by atoms with Gasteiger partial charge in [0.2, 0.25) is 0 Å². The van der Waals surface area contributed by atoms with Crippen LogP contribution in [0.25, 0.3) is 6.08 Å². The molecule has 0 spiro atoms. The molecule has 2 fully saturated rings. The van der Waals surface area contributed by atoms with E-state index in [1.54, 1.807) is 6.08 Å². The van der Waals surface area contributed by atoms with Crippen molar-refractivity contribution in [1.29, 1.82) is 0 Å². The van der Waals surface area contributed by atoms with Gasteiger partial charge in [-0.1, -0.05) is 72.8 Å². The number of cyclic esters (lactones) is 2. The van der Waals surface area contributed by atoms with E-state index in [1.165, 1.54) is 5.56 Å². The maximum absolute atomic E-state index is 11.7. The fourth-order valence-corrected chi connectivity index (χ4v) is 4.18. The van der Waals surface area contributed by atoms with Crippen molar-refractivity contribution in [2.75, 3.05) is 0 Å². The van der Waals surface area contributed by atoms with E-state index in [4.69, 9.17) is 9.47 Å². The van der Waals surface area contributed by atoms with Gasteiger partial charge in [0.25, 0.3) is 0 Å². The summed E-state index contributed by atoms with van der Waals surface area (Å²) in [6.07, 6.45) is 6.06. The molecule has 5 atom stereocenters. The van der Waals surface area contributed by atoms with Gasteiger partial charge in [0.05, 0.1) is 5.92 Å². The van der Waals surface area contributed by atoms with Gasteiger partial charge in [0.15, 0.2) is 0 Å². The van der Waals surface area contributed by atoms with Crippen molar-refractivity contribution in [2.45, 2.75) is 32.5 Å². The summed E-state index contributed by atoms with van der Waals surface area (Å²) >= 11 is 0. The first-order chi connectivity index (χ1) is 15.4. The van der Waals surface area contributed by atoms with Gasteiger partial charge < -0.3 is 9.47 Å². The van der Waals surface area contributed by atoms with Gasteiger partial charge in [-0.15, -0.1) is 13.2 Å². The smallest absolute Gasteiger partial charge is 0.335 e. The average Bonchev–Trinajstić information content (AvgIpc) is 3.22. The van der Waals surface area contributed by atoms with Crippen LogP contribution in [0, 0.1) is 17.8 Å². The highest BCUT2D eigenvalue weighted by Crippen LogP contribution is 2.32. The lowest BCUT2D eigenvalue weighted by molar-refractivity contribution is -0.143. The average molecular weight is 431 g/mol. The van der Waals surface area contributed by atoms with E-state index in [2.05, 4.69) is 13.2 Å². The van der Waals surface area contributed by atoms with Gasteiger partial charge in [-0.3, -0.25) is 4.79 Å². The highest BCUT2D eigenvalue weighted by atomic mass is 16.6. The molecule has 0 bridgehead atoms. The van der Waals surface area contributed by atoms with E-state index in [0.29, 0.717) is 5.57 Å². The molecule has 4 rings (SSSR count). The Balaban J connectivity index is 0.000000181. The van der Waals surface area contributed by atoms with Crippen LogP contribution in [0.3, 0.4) is 0 Å². The summed E-state index contributed by atoms with van der Waals surface area (Å²) in [5.74, 6) is -0.280. The second kappa shape index (κ2) is 10.8. The Morgan fingerprint density at radius 1 is 0.844 bits per heavy atom. The summed E-state index contributed by atoms with van der Waals surface area (Å²) in [6.45, 7) is 11.3. The second-order valence-electron chi connectivity index (χ2n) is 8.13. The Labute approximate surface area is 190 Å². The van der Waals surface area contributed by atoms with E-state index >= 15 is 0 Å². The highest BCUT2D eigenvalue weighted by Gasteiger charge is 2.40. The molecule has 0 aromatic heterocycles. The number of carbonyl (C=O) groups excluding carboxylic acids is 2. The first-order valence-corrected chi connectivity index (χ1v) is 10.9. The van der Waals surface area contributed by atoms with E-state index in [1.807, 2.05) is 86.7 Å². The van der Waals surface area contributed by atoms with Gasteiger partial charge in [-0.2, -0.15) is 0 Å². The van der Waals surface area contributed by atoms with E-state index < -0.39 is 0 Å². The topological polar surface area (TPSA) is 52.6 Å². The molecule has 2 aliphatic heterocycles. The van der Waals surface area contributed by atoms with Gasteiger partial charge >= 0.3 is 11.9 Å². The summed E-state index contributed by atoms with van der Waals surface area (Å²) in [7, 11) is 0. The summed E-state index contributed by atoms with van der Waals surface area (Å²) in [6, 6.07) is 19.8. The third-order valence-corrected chi connectivity index (χ3v) is 5.95. The predicted octanol–water partition coefficient (Wildman–Crippen LogP) is 5.41. The van der Waals surface area contributed by atoms with Gasteiger partial charge in [-0.25, -0.2) is 4.79 Å². The number of hydrogen-bond acceptors (Lipinski definition) is 4. The molecule has 0 saturated carbocycles. The molecule has 0 N–H and O–H groups in total. The lowest BCUT2D eigenvalue weighted by Gasteiger charge is -2.13. The quantitative estimate of drug-likeness (QED) is 0.362. The zero-order valence-corrected chi connectivity index (χ0v) is 18.6. The maximum atomic E-state index is 11.7. The first kappa shape index (κ1) is 23.3. The monoisotopic (exact) mass is 430 g/mol. The third-order valence-electron chi connectivity index (χ3n) is 5.95. The third kappa shape index (κ3) is 5.44. The SMILES string of the molecule is C=C[C@@H]1/C(=C/c2ccccc2)C(=O)O[C@H]1C.C=C[C@H]1[C@H](C)OC(=O)[C@@H]1Cc1ccccc1. The number of ether oxygens (including phenoxy) is 2. The molecular weight excluding hydrogens is 400 g/mol. The Morgan fingerprint density at radius 2 is 1.47 bits per heavy atom. The molecule has 0 aliphatic carbocycles. The van der Waals surface area contributed by atoms with Crippen molar-refractivity contribution in [3.63, 3.8) is 0 Å². The van der Waals surface area contributed by atoms with Crippen LogP contribution in [-0.2, 0) is 25.5 Å². The van der Waals surface area contributed by atoms with Crippen LogP contribution in [0.15, 0.2) is 91.5 Å². The van der Waals surface area contributed by atoms with E-state index in [-0.39, 0.29) is 41.9 Å². The largest absolute Gasteiger partial charge is 0.462 e. The molecule has 4 heteroatoms. The fourth-order valence-electron chi connectivity index (χ4n) is 4.18. The molecule has 2 saturated heterocycles. The molecule has 166 valence electrons. The van der Waals surface area contributed by atoms with Crippen molar-refractivity contribution >= 4 is 18.0 Å². The van der Waals surface area contributed by atoms with E-state index in [0.717, 1.165) is 12.0 Å². The predicted molar refractivity (Wildman–Crippen MR) is 127 cm³/mol. The first-order valence-electron chi connectivity index (χ1n) is 10.9.